The summed E-state index contributed by atoms with van der Waals surface area (Å²) in [5.41, 5.74) is 2.13. The number of hydrogen-bond acceptors (Lipinski definition) is 0. The third-order valence-electron chi connectivity index (χ3n) is 0.819. The van der Waals surface area contributed by atoms with E-state index in [0.29, 0.717) is 0 Å². The average molecular weight is 234 g/mol. The third-order valence-corrected chi connectivity index (χ3v) is 0.819. The highest BCUT2D eigenvalue weighted by atomic mass is 13.8. The molecule has 0 amide bonds. The lowest BCUT2D eigenvalue weighted by Crippen LogP contribution is -1.62. The van der Waals surface area contributed by atoms with Crippen LogP contribution in [0.25, 0.3) is 0 Å². The van der Waals surface area contributed by atoms with E-state index in [0.717, 1.165) is 11.1 Å². The van der Waals surface area contributed by atoms with Crippen LogP contribution in [0, 0.1) is 0 Å². The summed E-state index contributed by atoms with van der Waals surface area (Å²) in [7, 11) is 0. The van der Waals surface area contributed by atoms with Crippen molar-refractivity contribution in [2.24, 2.45) is 0 Å². The van der Waals surface area contributed by atoms with Gasteiger partial charge in [-0.3, -0.25) is 0 Å². The van der Waals surface area contributed by atoms with Crippen LogP contribution in [0.4, 0.5) is 0 Å². The van der Waals surface area contributed by atoms with Gasteiger partial charge in [-0.05, 0) is 20.8 Å². The zero-order valence-corrected chi connectivity index (χ0v) is 12.4. The molecule has 0 spiro atoms. The molecule has 0 saturated carbocycles. The van der Waals surface area contributed by atoms with E-state index in [9.17, 15) is 0 Å². The minimum absolute atomic E-state index is 1.06. The second-order valence-corrected chi connectivity index (χ2v) is 2.91. The van der Waals surface area contributed by atoms with Crippen LogP contribution in [-0.4, -0.2) is 0 Å². The van der Waals surface area contributed by atoms with Crippen molar-refractivity contribution in [1.82, 2.24) is 0 Å². The zero-order chi connectivity index (χ0) is 14.7. The van der Waals surface area contributed by atoms with E-state index in [1.807, 2.05) is 46.8 Å². The summed E-state index contributed by atoms with van der Waals surface area (Å²) in [5.74, 6) is 0. The van der Waals surface area contributed by atoms with Crippen molar-refractivity contribution >= 4 is 0 Å². The molecule has 0 rings (SSSR count). The fourth-order valence-electron chi connectivity index (χ4n) is 0.285. The molecule has 0 aromatic rings. The largest absolute Gasteiger partial charge is 0.103 e. The Morgan fingerprint density at radius 2 is 0.941 bits per heavy atom. The van der Waals surface area contributed by atoms with Crippen LogP contribution in [0.1, 0.15) is 34.6 Å². The lowest BCUT2D eigenvalue weighted by Gasteiger charge is -1.84. The Kier molecular flexibility index (Phi) is 42.4. The lowest BCUT2D eigenvalue weighted by atomic mass is 10.2. The van der Waals surface area contributed by atoms with Crippen molar-refractivity contribution in [1.29, 1.82) is 0 Å². The minimum Gasteiger partial charge on any atom is -0.103 e. The fourth-order valence-corrected chi connectivity index (χ4v) is 0.285. The Morgan fingerprint density at radius 1 is 0.765 bits per heavy atom. The van der Waals surface area contributed by atoms with E-state index in [2.05, 4.69) is 32.9 Å². The summed E-state index contributed by atoms with van der Waals surface area (Å²) in [6.07, 6.45) is 8.92. The van der Waals surface area contributed by atoms with Gasteiger partial charge >= 0.3 is 0 Å². The Morgan fingerprint density at radius 3 is 1.00 bits per heavy atom. The van der Waals surface area contributed by atoms with Gasteiger partial charge in [-0.1, -0.05) is 81.7 Å². The minimum atomic E-state index is 1.06. The molecule has 0 heterocycles. The maximum absolute atomic E-state index is 3.70. The number of rotatable bonds is 3. The predicted octanol–water partition coefficient (Wildman–Crippen LogP) is 6.27. The van der Waals surface area contributed by atoms with Gasteiger partial charge in [0.05, 0.1) is 0 Å². The van der Waals surface area contributed by atoms with Crippen molar-refractivity contribution in [3.8, 4) is 0 Å². The topological polar surface area (TPSA) is 0 Å². The quantitative estimate of drug-likeness (QED) is 0.398. The van der Waals surface area contributed by atoms with Crippen LogP contribution in [0.3, 0.4) is 0 Å². The van der Waals surface area contributed by atoms with Crippen LogP contribution < -0.4 is 0 Å². The first-order valence-corrected chi connectivity index (χ1v) is 5.75. The third kappa shape index (κ3) is 113. The van der Waals surface area contributed by atoms with Gasteiger partial charge in [0.1, 0.15) is 0 Å². The van der Waals surface area contributed by atoms with Gasteiger partial charge in [0.15, 0.2) is 0 Å². The van der Waals surface area contributed by atoms with Gasteiger partial charge in [0, 0.05) is 0 Å². The van der Waals surface area contributed by atoms with Gasteiger partial charge in [0.25, 0.3) is 0 Å². The molecule has 0 aromatic heterocycles. The summed E-state index contributed by atoms with van der Waals surface area (Å²) in [4.78, 5) is 0. The van der Waals surface area contributed by atoms with Gasteiger partial charge in [-0.25, -0.2) is 0 Å². The molecule has 0 atom stereocenters. The molecule has 0 nitrogen and oxygen atoms in total. The number of allylic oxidation sites excluding steroid dienone is 7. The van der Waals surface area contributed by atoms with Gasteiger partial charge in [-0.15, -0.1) is 6.58 Å². The molecule has 0 aromatic carbocycles. The molecule has 0 aliphatic heterocycles. The van der Waals surface area contributed by atoms with E-state index in [1.165, 1.54) is 0 Å². The molecule has 0 aliphatic carbocycles. The van der Waals surface area contributed by atoms with E-state index in [1.54, 1.807) is 18.2 Å². The van der Waals surface area contributed by atoms with Crippen molar-refractivity contribution in [3.05, 3.63) is 74.4 Å². The fraction of sp³-hybridized carbons (Fsp3) is 0.294. The highest BCUT2D eigenvalue weighted by Gasteiger charge is 1.72. The first-order valence-electron chi connectivity index (χ1n) is 5.75. The van der Waals surface area contributed by atoms with Crippen LogP contribution in [0.5, 0.6) is 0 Å². The maximum Gasteiger partial charge on any atom is -0.0404 e. The number of hydrogen-bond donors (Lipinski definition) is 0. The smallest absolute Gasteiger partial charge is 0.0404 e. The zero-order valence-electron chi connectivity index (χ0n) is 12.4. The Bertz CT molecular complexity index is 204. The van der Waals surface area contributed by atoms with Gasteiger partial charge < -0.3 is 0 Å². The van der Waals surface area contributed by atoms with Gasteiger partial charge in [-0.2, -0.15) is 0 Å². The van der Waals surface area contributed by atoms with Crippen molar-refractivity contribution in [2.45, 2.75) is 34.6 Å². The molecule has 0 fully saturated rings. The van der Waals surface area contributed by atoms with Crippen LogP contribution in [0.2, 0.25) is 0 Å². The molecule has 17 heavy (non-hydrogen) atoms. The molecule has 0 heteroatoms. The second kappa shape index (κ2) is 29.3. The highest BCUT2D eigenvalue weighted by molar-refractivity contribution is 5.20. The second-order valence-electron chi connectivity index (χ2n) is 2.91. The van der Waals surface area contributed by atoms with Crippen LogP contribution >= 0.6 is 0 Å². The molecular weight excluding hydrogens is 204 g/mol. The van der Waals surface area contributed by atoms with Crippen molar-refractivity contribution < 1.29 is 0 Å². The van der Waals surface area contributed by atoms with E-state index in [-0.39, 0.29) is 0 Å². The van der Waals surface area contributed by atoms with Gasteiger partial charge in [0.2, 0.25) is 0 Å². The van der Waals surface area contributed by atoms with Crippen LogP contribution in [0.15, 0.2) is 74.4 Å². The molecule has 0 N–H and O–H groups in total. The molecule has 0 saturated heterocycles. The molecular formula is C17H30. The Hall–Kier alpha value is -1.56. The van der Waals surface area contributed by atoms with Crippen molar-refractivity contribution in [2.75, 3.05) is 0 Å². The first kappa shape index (κ1) is 24.6. The Labute approximate surface area is 109 Å². The predicted molar refractivity (Wildman–Crippen MR) is 86.4 cm³/mol. The summed E-state index contributed by atoms with van der Waals surface area (Å²) in [5, 5.41) is 0. The maximum atomic E-state index is 3.70. The average Bonchev–Trinajstić information content (AvgIpc) is 2.30. The summed E-state index contributed by atoms with van der Waals surface area (Å²) in [6.45, 7) is 27.3. The Balaban J connectivity index is -0.0000000792. The lowest BCUT2D eigenvalue weighted by molar-refractivity contribution is 1.50. The van der Waals surface area contributed by atoms with E-state index >= 15 is 0 Å². The first-order chi connectivity index (χ1) is 7.95. The van der Waals surface area contributed by atoms with E-state index in [4.69, 9.17) is 0 Å². The molecule has 98 valence electrons. The monoisotopic (exact) mass is 234 g/mol. The summed E-state index contributed by atoms with van der Waals surface area (Å²) < 4.78 is 0. The highest BCUT2D eigenvalue weighted by Crippen LogP contribution is 1.94. The normalized spacial score (nSPS) is 6.88. The van der Waals surface area contributed by atoms with E-state index < -0.39 is 0 Å². The molecule has 0 unspecified atom stereocenters. The standard InChI is InChI=1S/C8H12.C4H6.C3H6.C2H6/c1-7(2)5-6-8(3)4;1-3-4-2;1-3-2;1-2/h5-6H,1,3H2,2,4H3;3-4H,1-2H2;3H,1H2,2H3;1-2H3/b6-5-;;;. The molecule has 0 aliphatic rings. The van der Waals surface area contributed by atoms with Crippen molar-refractivity contribution in [3.63, 3.8) is 0 Å². The molecule has 0 bridgehead atoms. The SMILES string of the molecule is C=C(C)/C=C\C(=C)C.C=CC.C=CC=C.CC. The summed E-state index contributed by atoms with van der Waals surface area (Å²) in [6, 6.07) is 0. The summed E-state index contributed by atoms with van der Waals surface area (Å²) >= 11 is 0. The molecule has 0 radical (unpaired) electrons. The van der Waals surface area contributed by atoms with Crippen LogP contribution in [-0.2, 0) is 0 Å².